The quantitative estimate of drug-likeness (QED) is 0.834. The van der Waals surface area contributed by atoms with E-state index in [1.807, 2.05) is 0 Å². The zero-order chi connectivity index (χ0) is 14.0. The molecule has 0 radical (unpaired) electrons. The van der Waals surface area contributed by atoms with Gasteiger partial charge in [0.25, 0.3) is 10.0 Å². The Labute approximate surface area is 108 Å². The topological polar surface area (TPSA) is 114 Å². The Kier molecular flexibility index (Phi) is 3.21. The maximum absolute atomic E-state index is 12.0. The van der Waals surface area contributed by atoms with E-state index in [1.54, 1.807) is 7.05 Å². The monoisotopic (exact) mass is 282 g/mol. The Hall–Kier alpha value is -2.42. The molecule has 0 unspecified atom stereocenters. The molecular weight excluding hydrogens is 272 g/mol. The number of sulfonamides is 1. The van der Waals surface area contributed by atoms with Crippen molar-refractivity contribution in [1.29, 1.82) is 0 Å². The number of nitrogens with zero attached hydrogens (tertiary/aromatic N) is 3. The number of hydrogen-bond acceptors (Lipinski definition) is 5. The minimum Gasteiger partial charge on any atom is -0.478 e. The highest BCUT2D eigenvalue weighted by atomic mass is 32.2. The summed E-state index contributed by atoms with van der Waals surface area (Å²) in [6.45, 7) is 0. The number of hydrogen-bond donors (Lipinski definition) is 2. The van der Waals surface area contributed by atoms with Gasteiger partial charge in [0.05, 0.1) is 10.5 Å². The summed E-state index contributed by atoms with van der Waals surface area (Å²) in [5.41, 5.74) is 0.0117. The van der Waals surface area contributed by atoms with Gasteiger partial charge in [0.15, 0.2) is 0 Å². The molecule has 1 aromatic heterocycles. The molecule has 0 aliphatic heterocycles. The summed E-state index contributed by atoms with van der Waals surface area (Å²) >= 11 is 0. The van der Waals surface area contributed by atoms with Crippen molar-refractivity contribution < 1.29 is 18.3 Å². The standard InChI is InChI=1S/C10H10N4O4S/c1-14-10(11-6-12-14)13-19(17,18)8-4-2-7(3-5-8)9(15)16/h2-6H,1H3,(H,15,16)(H,11,12,13). The molecule has 0 bridgehead atoms. The highest BCUT2D eigenvalue weighted by Gasteiger charge is 2.17. The molecule has 0 amide bonds. The molecule has 19 heavy (non-hydrogen) atoms. The number of aromatic nitrogens is 3. The number of carboxylic acids is 1. The van der Waals surface area contributed by atoms with E-state index in [2.05, 4.69) is 14.8 Å². The molecule has 8 nitrogen and oxygen atoms in total. The number of aromatic carboxylic acids is 1. The first-order chi connectivity index (χ1) is 8.90. The van der Waals surface area contributed by atoms with Crippen LogP contribution in [-0.4, -0.2) is 34.3 Å². The van der Waals surface area contributed by atoms with Crippen LogP contribution in [0.4, 0.5) is 5.95 Å². The van der Waals surface area contributed by atoms with Crippen molar-refractivity contribution in [1.82, 2.24) is 14.8 Å². The van der Waals surface area contributed by atoms with Crippen molar-refractivity contribution in [3.63, 3.8) is 0 Å². The first kappa shape index (κ1) is 13.0. The molecule has 0 saturated heterocycles. The molecule has 2 N–H and O–H groups in total. The van der Waals surface area contributed by atoms with E-state index >= 15 is 0 Å². The minimum atomic E-state index is -3.81. The molecule has 2 aromatic rings. The maximum Gasteiger partial charge on any atom is 0.335 e. The molecule has 0 aliphatic carbocycles. The second-order valence-electron chi connectivity index (χ2n) is 3.64. The van der Waals surface area contributed by atoms with Crippen molar-refractivity contribution >= 4 is 21.9 Å². The molecule has 1 heterocycles. The van der Waals surface area contributed by atoms with Crippen LogP contribution < -0.4 is 4.72 Å². The smallest absolute Gasteiger partial charge is 0.335 e. The van der Waals surface area contributed by atoms with E-state index in [0.29, 0.717) is 0 Å². The van der Waals surface area contributed by atoms with E-state index in [1.165, 1.54) is 35.3 Å². The number of rotatable bonds is 4. The molecular formula is C10H10N4O4S. The third-order valence-electron chi connectivity index (χ3n) is 2.35. The van der Waals surface area contributed by atoms with Crippen molar-refractivity contribution in [3.05, 3.63) is 36.2 Å². The predicted molar refractivity (Wildman–Crippen MR) is 65.2 cm³/mol. The molecule has 0 saturated carbocycles. The van der Waals surface area contributed by atoms with Gasteiger partial charge in [-0.3, -0.25) is 0 Å². The number of carboxylic acid groups (broad SMARTS) is 1. The molecule has 0 aliphatic rings. The minimum absolute atomic E-state index is 0.0117. The molecule has 0 atom stereocenters. The summed E-state index contributed by atoms with van der Waals surface area (Å²) in [6.07, 6.45) is 1.21. The summed E-state index contributed by atoms with van der Waals surface area (Å²) in [4.78, 5) is 14.4. The Bertz CT molecular complexity index is 705. The van der Waals surface area contributed by atoms with Gasteiger partial charge in [-0.05, 0) is 24.3 Å². The summed E-state index contributed by atoms with van der Waals surface area (Å²) in [5, 5.41) is 12.5. The Balaban J connectivity index is 2.29. The lowest BCUT2D eigenvalue weighted by molar-refractivity contribution is 0.0697. The van der Waals surface area contributed by atoms with Gasteiger partial charge in [0.1, 0.15) is 6.33 Å². The molecule has 0 fully saturated rings. The number of nitrogens with one attached hydrogen (secondary N) is 1. The van der Waals surface area contributed by atoms with E-state index in [9.17, 15) is 13.2 Å². The number of carbonyl (C=O) groups is 1. The molecule has 9 heteroatoms. The van der Waals surface area contributed by atoms with Crippen LogP contribution in [0.3, 0.4) is 0 Å². The Morgan fingerprint density at radius 2 is 1.95 bits per heavy atom. The van der Waals surface area contributed by atoms with Crippen LogP contribution in [0.1, 0.15) is 10.4 Å². The Morgan fingerprint density at radius 1 is 1.32 bits per heavy atom. The van der Waals surface area contributed by atoms with Crippen molar-refractivity contribution in [2.24, 2.45) is 7.05 Å². The number of aryl methyl sites for hydroxylation is 1. The Morgan fingerprint density at radius 3 is 2.42 bits per heavy atom. The van der Waals surface area contributed by atoms with Gasteiger partial charge in [-0.15, -0.1) is 0 Å². The fourth-order valence-electron chi connectivity index (χ4n) is 1.34. The summed E-state index contributed by atoms with van der Waals surface area (Å²) in [6, 6.07) is 4.85. The van der Waals surface area contributed by atoms with Crippen molar-refractivity contribution in [2.75, 3.05) is 4.72 Å². The van der Waals surface area contributed by atoms with Crippen LogP contribution in [0.5, 0.6) is 0 Å². The fourth-order valence-corrected chi connectivity index (χ4v) is 2.38. The molecule has 2 rings (SSSR count). The van der Waals surface area contributed by atoms with Crippen LogP contribution in [0.2, 0.25) is 0 Å². The average molecular weight is 282 g/mol. The third kappa shape index (κ3) is 2.71. The average Bonchev–Trinajstić information content (AvgIpc) is 2.74. The van der Waals surface area contributed by atoms with Crippen molar-refractivity contribution in [2.45, 2.75) is 4.90 Å². The van der Waals surface area contributed by atoms with E-state index in [0.717, 1.165) is 0 Å². The van der Waals surface area contributed by atoms with Crippen LogP contribution in [0.25, 0.3) is 0 Å². The molecule has 0 spiro atoms. The van der Waals surface area contributed by atoms with Crippen LogP contribution in [0.15, 0.2) is 35.5 Å². The van der Waals surface area contributed by atoms with Gasteiger partial charge in [-0.1, -0.05) is 0 Å². The third-order valence-corrected chi connectivity index (χ3v) is 3.69. The summed E-state index contributed by atoms with van der Waals surface area (Å²) in [7, 11) is -2.27. The summed E-state index contributed by atoms with van der Waals surface area (Å²) in [5.74, 6) is -1.05. The second kappa shape index (κ2) is 4.69. The zero-order valence-electron chi connectivity index (χ0n) is 9.81. The lowest BCUT2D eigenvalue weighted by Crippen LogP contribution is -2.16. The maximum atomic E-state index is 12.0. The highest BCUT2D eigenvalue weighted by molar-refractivity contribution is 7.92. The van der Waals surface area contributed by atoms with Gasteiger partial charge in [-0.2, -0.15) is 10.1 Å². The van der Waals surface area contributed by atoms with Gasteiger partial charge >= 0.3 is 5.97 Å². The van der Waals surface area contributed by atoms with Gasteiger partial charge in [0, 0.05) is 7.05 Å². The molecule has 100 valence electrons. The number of anilines is 1. The lowest BCUT2D eigenvalue weighted by Gasteiger charge is -2.06. The van der Waals surface area contributed by atoms with Gasteiger partial charge in [0.2, 0.25) is 5.95 Å². The van der Waals surface area contributed by atoms with Crippen LogP contribution in [0, 0.1) is 0 Å². The van der Waals surface area contributed by atoms with Gasteiger partial charge < -0.3 is 5.11 Å². The summed E-state index contributed by atoms with van der Waals surface area (Å²) < 4.78 is 27.5. The zero-order valence-corrected chi connectivity index (χ0v) is 10.6. The van der Waals surface area contributed by atoms with Crippen LogP contribution in [-0.2, 0) is 17.1 Å². The predicted octanol–water partition coefficient (Wildman–Crippen LogP) is 0.314. The van der Waals surface area contributed by atoms with Gasteiger partial charge in [-0.25, -0.2) is 22.6 Å². The molecule has 1 aromatic carbocycles. The first-order valence-electron chi connectivity index (χ1n) is 5.10. The van der Waals surface area contributed by atoms with Crippen molar-refractivity contribution in [3.8, 4) is 0 Å². The second-order valence-corrected chi connectivity index (χ2v) is 5.32. The van der Waals surface area contributed by atoms with E-state index < -0.39 is 16.0 Å². The number of benzene rings is 1. The fraction of sp³-hybridized carbons (Fsp3) is 0.100. The van der Waals surface area contributed by atoms with E-state index in [4.69, 9.17) is 5.11 Å². The largest absolute Gasteiger partial charge is 0.478 e. The first-order valence-corrected chi connectivity index (χ1v) is 6.58. The SMILES string of the molecule is Cn1ncnc1NS(=O)(=O)c1ccc(C(=O)O)cc1. The van der Waals surface area contributed by atoms with Crippen LogP contribution >= 0.6 is 0 Å². The lowest BCUT2D eigenvalue weighted by atomic mass is 10.2. The van der Waals surface area contributed by atoms with E-state index in [-0.39, 0.29) is 16.4 Å². The highest BCUT2D eigenvalue weighted by Crippen LogP contribution is 2.14. The normalized spacial score (nSPS) is 11.2.